The minimum absolute atomic E-state index is 0.221. The quantitative estimate of drug-likeness (QED) is 0.836. The molecule has 0 spiro atoms. The maximum atomic E-state index is 13.8. The Hall–Kier alpha value is -1.69. The standard InChI is InChI=1S/C12H10ClF2NO3/c13-8-7(14)4-3-6(9(8)15)10(12(18)19)16-11(17)5-1-2-5/h3-5,10H,1-2H2,(H,16,17)(H,18,19). The van der Waals surface area contributed by atoms with Gasteiger partial charge in [0.05, 0.1) is 0 Å². The normalized spacial score (nSPS) is 15.9. The molecule has 0 heterocycles. The minimum atomic E-state index is -1.58. The summed E-state index contributed by atoms with van der Waals surface area (Å²) in [5, 5.41) is 10.5. The molecule has 0 radical (unpaired) electrons. The first-order chi connectivity index (χ1) is 8.91. The van der Waals surface area contributed by atoms with Gasteiger partial charge in [-0.25, -0.2) is 13.6 Å². The van der Waals surface area contributed by atoms with Gasteiger partial charge in [0, 0.05) is 11.5 Å². The molecule has 7 heteroatoms. The molecule has 0 saturated heterocycles. The molecule has 0 aliphatic heterocycles. The highest BCUT2D eigenvalue weighted by atomic mass is 35.5. The Kier molecular flexibility index (Phi) is 3.71. The lowest BCUT2D eigenvalue weighted by Gasteiger charge is -2.16. The lowest BCUT2D eigenvalue weighted by molar-refractivity contribution is -0.142. The van der Waals surface area contributed by atoms with E-state index in [9.17, 15) is 18.4 Å². The first-order valence-electron chi connectivity index (χ1n) is 5.58. The average molecular weight is 290 g/mol. The molecule has 1 saturated carbocycles. The monoisotopic (exact) mass is 289 g/mol. The molecule has 2 rings (SSSR count). The second-order valence-electron chi connectivity index (χ2n) is 4.32. The molecule has 1 amide bonds. The predicted molar refractivity (Wildman–Crippen MR) is 62.6 cm³/mol. The number of aliphatic carboxylic acids is 1. The van der Waals surface area contributed by atoms with E-state index in [0.29, 0.717) is 12.8 Å². The summed E-state index contributed by atoms with van der Waals surface area (Å²) < 4.78 is 26.8. The van der Waals surface area contributed by atoms with Crippen LogP contribution < -0.4 is 5.32 Å². The fourth-order valence-corrected chi connectivity index (χ4v) is 1.81. The molecule has 1 fully saturated rings. The van der Waals surface area contributed by atoms with E-state index in [2.05, 4.69) is 5.32 Å². The third kappa shape index (κ3) is 2.84. The molecular formula is C12H10ClF2NO3. The van der Waals surface area contributed by atoms with Crippen molar-refractivity contribution >= 4 is 23.5 Å². The van der Waals surface area contributed by atoms with Crippen LogP contribution in [0, 0.1) is 17.6 Å². The van der Waals surface area contributed by atoms with Crippen LogP contribution in [-0.2, 0) is 9.59 Å². The number of halogens is 3. The lowest BCUT2D eigenvalue weighted by Crippen LogP contribution is -2.35. The Morgan fingerprint density at radius 3 is 2.53 bits per heavy atom. The number of carboxylic acids is 1. The maximum Gasteiger partial charge on any atom is 0.331 e. The van der Waals surface area contributed by atoms with Gasteiger partial charge in [-0.05, 0) is 18.9 Å². The van der Waals surface area contributed by atoms with Crippen LogP contribution >= 0.6 is 11.6 Å². The average Bonchev–Trinajstić information content (AvgIpc) is 3.18. The summed E-state index contributed by atoms with van der Waals surface area (Å²) in [6.45, 7) is 0. The molecule has 2 N–H and O–H groups in total. The van der Waals surface area contributed by atoms with Crippen molar-refractivity contribution in [3.8, 4) is 0 Å². The predicted octanol–water partition coefficient (Wildman–Crippen LogP) is 2.27. The van der Waals surface area contributed by atoms with E-state index in [1.54, 1.807) is 0 Å². The summed E-state index contributed by atoms with van der Waals surface area (Å²) >= 11 is 5.39. The van der Waals surface area contributed by atoms with Gasteiger partial charge in [-0.2, -0.15) is 0 Å². The van der Waals surface area contributed by atoms with Gasteiger partial charge in [-0.3, -0.25) is 4.79 Å². The summed E-state index contributed by atoms with van der Waals surface area (Å²) in [5.41, 5.74) is -0.368. The van der Waals surface area contributed by atoms with E-state index in [0.717, 1.165) is 12.1 Å². The summed E-state index contributed by atoms with van der Waals surface area (Å²) in [7, 11) is 0. The molecule has 4 nitrogen and oxygen atoms in total. The van der Waals surface area contributed by atoms with E-state index < -0.39 is 34.6 Å². The molecule has 0 aromatic heterocycles. The van der Waals surface area contributed by atoms with E-state index in [1.165, 1.54) is 0 Å². The third-order valence-electron chi connectivity index (χ3n) is 2.86. The topological polar surface area (TPSA) is 66.4 Å². The molecule has 1 aromatic carbocycles. The Bertz CT molecular complexity index is 546. The first kappa shape index (κ1) is 13.7. The zero-order valence-electron chi connectivity index (χ0n) is 9.62. The fraction of sp³-hybridized carbons (Fsp3) is 0.333. The Morgan fingerprint density at radius 2 is 2.00 bits per heavy atom. The molecule has 19 heavy (non-hydrogen) atoms. The van der Waals surface area contributed by atoms with Gasteiger partial charge in [-0.1, -0.05) is 17.7 Å². The van der Waals surface area contributed by atoms with E-state index >= 15 is 0 Å². The van der Waals surface area contributed by atoms with Gasteiger partial charge in [0.15, 0.2) is 11.9 Å². The highest BCUT2D eigenvalue weighted by Gasteiger charge is 2.34. The Labute approximate surface area is 112 Å². The second kappa shape index (κ2) is 5.13. The van der Waals surface area contributed by atoms with Gasteiger partial charge in [0.1, 0.15) is 10.8 Å². The van der Waals surface area contributed by atoms with Crippen molar-refractivity contribution in [2.45, 2.75) is 18.9 Å². The van der Waals surface area contributed by atoms with Crippen molar-refractivity contribution in [2.75, 3.05) is 0 Å². The maximum absolute atomic E-state index is 13.8. The summed E-state index contributed by atoms with van der Waals surface area (Å²) in [6.07, 6.45) is 1.37. The van der Waals surface area contributed by atoms with Crippen LogP contribution in [0.2, 0.25) is 5.02 Å². The van der Waals surface area contributed by atoms with Crippen molar-refractivity contribution in [3.05, 3.63) is 34.4 Å². The zero-order chi connectivity index (χ0) is 14.2. The minimum Gasteiger partial charge on any atom is -0.479 e. The smallest absolute Gasteiger partial charge is 0.331 e. The van der Waals surface area contributed by atoms with Gasteiger partial charge < -0.3 is 10.4 Å². The van der Waals surface area contributed by atoms with Crippen LogP contribution in [-0.4, -0.2) is 17.0 Å². The van der Waals surface area contributed by atoms with Crippen LogP contribution in [0.15, 0.2) is 12.1 Å². The largest absolute Gasteiger partial charge is 0.479 e. The molecule has 102 valence electrons. The second-order valence-corrected chi connectivity index (χ2v) is 4.70. The number of carbonyl (C=O) groups is 2. The molecule has 1 aromatic rings. The number of hydrogen-bond acceptors (Lipinski definition) is 2. The highest BCUT2D eigenvalue weighted by molar-refractivity contribution is 6.31. The lowest BCUT2D eigenvalue weighted by atomic mass is 10.1. The van der Waals surface area contributed by atoms with Gasteiger partial charge in [0.2, 0.25) is 5.91 Å². The Balaban J connectivity index is 2.30. The first-order valence-corrected chi connectivity index (χ1v) is 5.96. The van der Waals surface area contributed by atoms with Crippen molar-refractivity contribution in [3.63, 3.8) is 0 Å². The fourth-order valence-electron chi connectivity index (χ4n) is 1.64. The number of nitrogens with one attached hydrogen (secondary N) is 1. The van der Waals surface area contributed by atoms with Crippen molar-refractivity contribution in [1.29, 1.82) is 0 Å². The van der Waals surface area contributed by atoms with Crippen molar-refractivity contribution < 1.29 is 23.5 Å². The molecule has 1 aliphatic rings. The van der Waals surface area contributed by atoms with Crippen LogP contribution in [0.25, 0.3) is 0 Å². The van der Waals surface area contributed by atoms with E-state index in [1.807, 2.05) is 0 Å². The van der Waals surface area contributed by atoms with Gasteiger partial charge >= 0.3 is 5.97 Å². The number of benzene rings is 1. The summed E-state index contributed by atoms with van der Waals surface area (Å²) in [5.74, 6) is -4.27. The summed E-state index contributed by atoms with van der Waals surface area (Å²) in [6, 6.07) is 0.244. The summed E-state index contributed by atoms with van der Waals surface area (Å²) in [4.78, 5) is 22.7. The van der Waals surface area contributed by atoms with Crippen LogP contribution in [0.3, 0.4) is 0 Å². The van der Waals surface area contributed by atoms with Crippen LogP contribution in [0.5, 0.6) is 0 Å². The molecule has 1 atom stereocenters. The van der Waals surface area contributed by atoms with Crippen molar-refractivity contribution in [1.82, 2.24) is 5.32 Å². The van der Waals surface area contributed by atoms with Crippen LogP contribution in [0.1, 0.15) is 24.4 Å². The van der Waals surface area contributed by atoms with Gasteiger partial charge in [0.25, 0.3) is 0 Å². The number of rotatable bonds is 4. The van der Waals surface area contributed by atoms with E-state index in [-0.39, 0.29) is 11.5 Å². The number of amides is 1. The number of carbonyl (C=O) groups excluding carboxylic acids is 1. The highest BCUT2D eigenvalue weighted by Crippen LogP contribution is 2.31. The van der Waals surface area contributed by atoms with Crippen molar-refractivity contribution in [2.24, 2.45) is 5.92 Å². The zero-order valence-corrected chi connectivity index (χ0v) is 10.4. The van der Waals surface area contributed by atoms with Gasteiger partial charge in [-0.15, -0.1) is 0 Å². The molecule has 1 unspecified atom stereocenters. The number of carboxylic acid groups (broad SMARTS) is 1. The van der Waals surface area contributed by atoms with E-state index in [4.69, 9.17) is 16.7 Å². The molecule has 1 aliphatic carbocycles. The van der Waals surface area contributed by atoms with Crippen LogP contribution in [0.4, 0.5) is 8.78 Å². The third-order valence-corrected chi connectivity index (χ3v) is 3.20. The number of hydrogen-bond donors (Lipinski definition) is 2. The molecule has 0 bridgehead atoms. The Morgan fingerprint density at radius 1 is 1.37 bits per heavy atom. The molecular weight excluding hydrogens is 280 g/mol. The SMILES string of the molecule is O=C(NC(C(=O)O)c1ccc(F)c(Cl)c1F)C1CC1.